The fourth-order valence-corrected chi connectivity index (χ4v) is 2.83. The van der Waals surface area contributed by atoms with E-state index in [-0.39, 0.29) is 5.41 Å². The van der Waals surface area contributed by atoms with Crippen LogP contribution < -0.4 is 5.32 Å². The van der Waals surface area contributed by atoms with Gasteiger partial charge in [-0.2, -0.15) is 5.26 Å². The maximum absolute atomic E-state index is 11.9. The number of unbranched alkanes of at least 4 members (excludes halogenated alkanes) is 1. The molecule has 0 atom stereocenters. The minimum Gasteiger partial charge on any atom is -0.342 e. The van der Waals surface area contributed by atoms with Crippen LogP contribution in [0.2, 0.25) is 0 Å². The highest BCUT2D eigenvalue weighted by Crippen LogP contribution is 2.39. The van der Waals surface area contributed by atoms with Crippen LogP contribution in [0.3, 0.4) is 0 Å². The van der Waals surface area contributed by atoms with Crippen LogP contribution in [0.1, 0.15) is 32.1 Å². The monoisotopic (exact) mass is 221 g/mol. The van der Waals surface area contributed by atoms with E-state index in [0.29, 0.717) is 12.3 Å². The maximum atomic E-state index is 11.9. The van der Waals surface area contributed by atoms with Gasteiger partial charge in [0.15, 0.2) is 0 Å². The molecule has 2 fully saturated rings. The third-order valence-electron chi connectivity index (χ3n) is 3.79. The average molecular weight is 221 g/mol. The molecule has 88 valence electrons. The Labute approximate surface area is 96.6 Å². The number of hydrogen-bond donors (Lipinski definition) is 1. The largest absolute Gasteiger partial charge is 0.342 e. The zero-order chi connectivity index (χ0) is 11.4. The number of nitrogens with zero attached hydrogens (tertiary/aromatic N) is 2. The summed E-state index contributed by atoms with van der Waals surface area (Å²) in [7, 11) is 0. The number of rotatable bonds is 3. The molecule has 2 aliphatic heterocycles. The van der Waals surface area contributed by atoms with Gasteiger partial charge in [-0.1, -0.05) is 0 Å². The standard InChI is InChI=1S/C12H19N3O/c13-5-1-2-8-15-10-12(9-11(15)16)3-6-14-7-4-12/h14H,1-4,6-10H2. The van der Waals surface area contributed by atoms with Gasteiger partial charge in [-0.3, -0.25) is 4.79 Å². The first-order valence-electron chi connectivity index (χ1n) is 6.11. The van der Waals surface area contributed by atoms with Crippen LogP contribution in [0.25, 0.3) is 0 Å². The van der Waals surface area contributed by atoms with Gasteiger partial charge in [0.05, 0.1) is 6.07 Å². The SMILES string of the molecule is N#CCCCN1CC2(CCNCC2)CC1=O. The first-order chi connectivity index (χ1) is 7.76. The summed E-state index contributed by atoms with van der Waals surface area (Å²) in [6.07, 6.45) is 4.33. The highest BCUT2D eigenvalue weighted by Gasteiger charge is 2.43. The summed E-state index contributed by atoms with van der Waals surface area (Å²) in [4.78, 5) is 13.8. The Morgan fingerprint density at radius 3 is 2.88 bits per heavy atom. The topological polar surface area (TPSA) is 56.1 Å². The molecular formula is C12H19N3O. The van der Waals surface area contributed by atoms with Crippen LogP contribution in [-0.4, -0.2) is 37.0 Å². The van der Waals surface area contributed by atoms with E-state index in [9.17, 15) is 4.79 Å². The van der Waals surface area contributed by atoms with Crippen LogP contribution in [0.15, 0.2) is 0 Å². The molecule has 0 radical (unpaired) electrons. The zero-order valence-electron chi connectivity index (χ0n) is 9.67. The molecule has 2 heterocycles. The van der Waals surface area contributed by atoms with Gasteiger partial charge in [0.25, 0.3) is 0 Å². The maximum Gasteiger partial charge on any atom is 0.223 e. The van der Waals surface area contributed by atoms with Gasteiger partial charge in [-0.05, 0) is 37.8 Å². The van der Waals surface area contributed by atoms with E-state index < -0.39 is 0 Å². The van der Waals surface area contributed by atoms with Gasteiger partial charge >= 0.3 is 0 Å². The molecule has 2 rings (SSSR count). The number of piperidine rings is 1. The molecule has 4 heteroatoms. The van der Waals surface area contributed by atoms with Gasteiger partial charge < -0.3 is 10.2 Å². The van der Waals surface area contributed by atoms with Crippen molar-refractivity contribution in [2.45, 2.75) is 32.1 Å². The Balaban J connectivity index is 1.88. The smallest absolute Gasteiger partial charge is 0.223 e. The normalized spacial score (nSPS) is 23.7. The highest BCUT2D eigenvalue weighted by molar-refractivity contribution is 5.79. The molecule has 0 saturated carbocycles. The second-order valence-electron chi connectivity index (χ2n) is 5.00. The molecule has 0 aromatic heterocycles. The van der Waals surface area contributed by atoms with Crippen molar-refractivity contribution < 1.29 is 4.79 Å². The number of carbonyl (C=O) groups excluding carboxylic acids is 1. The summed E-state index contributed by atoms with van der Waals surface area (Å²) in [5.41, 5.74) is 0.245. The lowest BCUT2D eigenvalue weighted by Gasteiger charge is -2.33. The van der Waals surface area contributed by atoms with Crippen molar-refractivity contribution in [1.82, 2.24) is 10.2 Å². The summed E-state index contributed by atoms with van der Waals surface area (Å²) >= 11 is 0. The second kappa shape index (κ2) is 4.84. The minimum absolute atomic E-state index is 0.245. The predicted molar refractivity (Wildman–Crippen MR) is 60.6 cm³/mol. The van der Waals surface area contributed by atoms with E-state index in [1.54, 1.807) is 0 Å². The van der Waals surface area contributed by atoms with Gasteiger partial charge in [0.1, 0.15) is 0 Å². The second-order valence-corrected chi connectivity index (χ2v) is 5.00. The van der Waals surface area contributed by atoms with Crippen molar-refractivity contribution in [3.05, 3.63) is 0 Å². The van der Waals surface area contributed by atoms with Crippen molar-refractivity contribution in [2.75, 3.05) is 26.2 Å². The third-order valence-corrected chi connectivity index (χ3v) is 3.79. The molecule has 0 aromatic carbocycles. The number of hydrogen-bond acceptors (Lipinski definition) is 3. The van der Waals surface area contributed by atoms with Gasteiger partial charge in [0, 0.05) is 25.9 Å². The van der Waals surface area contributed by atoms with Crippen LogP contribution in [-0.2, 0) is 4.79 Å². The highest BCUT2D eigenvalue weighted by atomic mass is 16.2. The number of likely N-dealkylation sites (tertiary alicyclic amines) is 1. The van der Waals surface area contributed by atoms with E-state index in [0.717, 1.165) is 51.9 Å². The van der Waals surface area contributed by atoms with E-state index in [2.05, 4.69) is 11.4 Å². The molecule has 1 N–H and O–H groups in total. The van der Waals surface area contributed by atoms with Gasteiger partial charge in [0.2, 0.25) is 5.91 Å². The Hall–Kier alpha value is -1.08. The van der Waals surface area contributed by atoms with E-state index in [1.807, 2.05) is 4.90 Å². The number of carbonyl (C=O) groups is 1. The van der Waals surface area contributed by atoms with Gasteiger partial charge in [-0.15, -0.1) is 0 Å². The number of nitrogens with one attached hydrogen (secondary N) is 1. The lowest BCUT2D eigenvalue weighted by Crippen LogP contribution is -2.38. The Bertz CT molecular complexity index is 302. The quantitative estimate of drug-likeness (QED) is 0.720. The first-order valence-corrected chi connectivity index (χ1v) is 6.11. The first kappa shape index (κ1) is 11.4. The molecule has 1 spiro atoms. The lowest BCUT2D eigenvalue weighted by atomic mass is 9.78. The van der Waals surface area contributed by atoms with Crippen LogP contribution in [0.5, 0.6) is 0 Å². The molecule has 2 saturated heterocycles. The molecule has 4 nitrogen and oxygen atoms in total. The fourth-order valence-electron chi connectivity index (χ4n) is 2.83. The molecule has 0 aromatic rings. The molecule has 0 bridgehead atoms. The predicted octanol–water partition coefficient (Wildman–Crippen LogP) is 0.892. The Morgan fingerprint density at radius 2 is 2.19 bits per heavy atom. The van der Waals surface area contributed by atoms with E-state index in [1.165, 1.54) is 0 Å². The van der Waals surface area contributed by atoms with Crippen molar-refractivity contribution in [3.8, 4) is 6.07 Å². The number of amides is 1. The lowest BCUT2D eigenvalue weighted by molar-refractivity contribution is -0.127. The summed E-state index contributed by atoms with van der Waals surface area (Å²) in [6, 6.07) is 2.13. The van der Waals surface area contributed by atoms with Crippen molar-refractivity contribution in [3.63, 3.8) is 0 Å². The molecular weight excluding hydrogens is 202 g/mol. The molecule has 0 unspecified atom stereocenters. The van der Waals surface area contributed by atoms with Crippen LogP contribution >= 0.6 is 0 Å². The van der Waals surface area contributed by atoms with Crippen molar-refractivity contribution in [2.24, 2.45) is 5.41 Å². The molecule has 2 aliphatic rings. The Kier molecular flexibility index (Phi) is 3.45. The van der Waals surface area contributed by atoms with Crippen molar-refractivity contribution in [1.29, 1.82) is 5.26 Å². The zero-order valence-corrected chi connectivity index (χ0v) is 9.67. The minimum atomic E-state index is 0.245. The fraction of sp³-hybridized carbons (Fsp3) is 0.833. The summed E-state index contributed by atoms with van der Waals surface area (Å²) in [6.45, 7) is 3.76. The van der Waals surface area contributed by atoms with E-state index >= 15 is 0 Å². The van der Waals surface area contributed by atoms with Gasteiger partial charge in [-0.25, -0.2) is 0 Å². The number of nitriles is 1. The van der Waals surface area contributed by atoms with Crippen LogP contribution in [0.4, 0.5) is 0 Å². The molecule has 16 heavy (non-hydrogen) atoms. The summed E-state index contributed by atoms with van der Waals surface area (Å²) in [5.74, 6) is 0.292. The third kappa shape index (κ3) is 2.35. The van der Waals surface area contributed by atoms with Crippen molar-refractivity contribution >= 4 is 5.91 Å². The average Bonchev–Trinajstić information content (AvgIpc) is 2.57. The molecule has 1 amide bonds. The summed E-state index contributed by atoms with van der Waals surface area (Å²) in [5, 5.41) is 11.8. The van der Waals surface area contributed by atoms with Crippen LogP contribution in [0, 0.1) is 16.7 Å². The Morgan fingerprint density at radius 1 is 1.44 bits per heavy atom. The molecule has 0 aliphatic carbocycles. The van der Waals surface area contributed by atoms with E-state index in [4.69, 9.17) is 5.26 Å². The summed E-state index contributed by atoms with van der Waals surface area (Å²) < 4.78 is 0.